The van der Waals surface area contributed by atoms with Crippen LogP contribution >= 0.6 is 12.2 Å². The first kappa shape index (κ1) is 9.22. The van der Waals surface area contributed by atoms with Gasteiger partial charge >= 0.3 is 0 Å². The lowest BCUT2D eigenvalue weighted by atomic mass is 10.2. The monoisotopic (exact) mass is 184 g/mol. The van der Waals surface area contributed by atoms with Gasteiger partial charge in [-0.1, -0.05) is 12.2 Å². The lowest BCUT2D eigenvalue weighted by Gasteiger charge is -2.03. The largest absolute Gasteiger partial charge is 0.469 e. The highest BCUT2D eigenvalue weighted by Crippen LogP contribution is 2.03. The van der Waals surface area contributed by atoms with E-state index >= 15 is 0 Å². The van der Waals surface area contributed by atoms with E-state index in [0.717, 1.165) is 23.6 Å². The van der Waals surface area contributed by atoms with Gasteiger partial charge in [0, 0.05) is 19.9 Å². The number of hydrogen-bond donors (Lipinski definition) is 2. The molecule has 1 aromatic heterocycles. The van der Waals surface area contributed by atoms with Gasteiger partial charge in [0.25, 0.3) is 0 Å². The number of thiocarbonyl (C=S) groups is 1. The van der Waals surface area contributed by atoms with Crippen LogP contribution in [0.25, 0.3) is 0 Å². The van der Waals surface area contributed by atoms with Gasteiger partial charge in [-0.3, -0.25) is 0 Å². The van der Waals surface area contributed by atoms with E-state index < -0.39 is 0 Å². The van der Waals surface area contributed by atoms with Gasteiger partial charge in [0.2, 0.25) is 0 Å². The Balaban J connectivity index is 2.22. The van der Waals surface area contributed by atoms with Crippen LogP contribution in [0, 0.1) is 0 Å². The molecule has 0 aliphatic rings. The quantitative estimate of drug-likeness (QED) is 0.546. The van der Waals surface area contributed by atoms with Crippen molar-refractivity contribution in [2.75, 3.05) is 7.05 Å². The third-order valence-corrected chi connectivity index (χ3v) is 1.75. The highest BCUT2D eigenvalue weighted by molar-refractivity contribution is 7.80. The fourth-order valence-electron chi connectivity index (χ4n) is 0.893. The Bertz CT molecular complexity index is 233. The molecule has 0 fully saturated rings. The Hall–Kier alpha value is -0.870. The Morgan fingerprint density at radius 3 is 3.08 bits per heavy atom. The van der Waals surface area contributed by atoms with Gasteiger partial charge in [0.15, 0.2) is 0 Å². The predicted molar refractivity (Wildman–Crippen MR) is 51.8 cm³/mol. The molecular formula is C8H12N2OS. The fourth-order valence-corrected chi connectivity index (χ4v) is 1.10. The highest BCUT2D eigenvalue weighted by Gasteiger charge is 1.98. The van der Waals surface area contributed by atoms with Gasteiger partial charge in [-0.2, -0.15) is 0 Å². The summed E-state index contributed by atoms with van der Waals surface area (Å²) < 4.78 is 5.15. The zero-order chi connectivity index (χ0) is 8.81. The summed E-state index contributed by atoms with van der Waals surface area (Å²) in [6.07, 6.45) is 3.33. The van der Waals surface area contributed by atoms with E-state index in [0.29, 0.717) is 0 Å². The molecule has 0 aromatic carbocycles. The van der Waals surface area contributed by atoms with Gasteiger partial charge in [0.05, 0.1) is 11.3 Å². The molecule has 0 bridgehead atoms. The predicted octanol–water partition coefficient (Wildman–Crippen LogP) is 1.26. The zero-order valence-corrected chi connectivity index (χ0v) is 7.78. The molecule has 1 heterocycles. The summed E-state index contributed by atoms with van der Waals surface area (Å²) in [5, 5.41) is 0. The summed E-state index contributed by atoms with van der Waals surface area (Å²) in [5.74, 6) is 0.968. The van der Waals surface area contributed by atoms with E-state index in [-0.39, 0.29) is 0 Å². The topological polar surface area (TPSA) is 37.2 Å². The van der Waals surface area contributed by atoms with Crippen LogP contribution in [0.1, 0.15) is 12.2 Å². The molecule has 0 atom stereocenters. The first-order chi connectivity index (χ1) is 5.83. The van der Waals surface area contributed by atoms with Crippen molar-refractivity contribution in [1.29, 1.82) is 0 Å². The standard InChI is InChI=1S/C8H12N2OS/c1-9-10-8(12)5-4-7-3-2-6-11-7/h2-3,6,9H,4-5H2,1H3,(H,10,12). The maximum Gasteiger partial charge on any atom is 0.104 e. The number of nitrogens with one attached hydrogen (secondary N) is 2. The lowest BCUT2D eigenvalue weighted by molar-refractivity contribution is 0.511. The lowest BCUT2D eigenvalue weighted by Crippen LogP contribution is -2.32. The summed E-state index contributed by atoms with van der Waals surface area (Å²) in [6, 6.07) is 3.83. The summed E-state index contributed by atoms with van der Waals surface area (Å²) in [7, 11) is 1.79. The molecule has 0 unspecified atom stereocenters. The Labute approximate surface area is 77.1 Å². The minimum Gasteiger partial charge on any atom is -0.469 e. The second-order valence-corrected chi connectivity index (χ2v) is 2.87. The Kier molecular flexibility index (Phi) is 3.76. The van der Waals surface area contributed by atoms with Crippen LogP contribution in [0.3, 0.4) is 0 Å². The molecule has 0 radical (unpaired) electrons. The number of aryl methyl sites for hydroxylation is 1. The molecule has 1 rings (SSSR count). The summed E-state index contributed by atoms with van der Waals surface area (Å²) in [6.45, 7) is 0. The van der Waals surface area contributed by atoms with Crippen molar-refractivity contribution in [1.82, 2.24) is 10.9 Å². The molecule has 0 saturated heterocycles. The van der Waals surface area contributed by atoms with Crippen molar-refractivity contribution < 1.29 is 4.42 Å². The number of hydrogen-bond acceptors (Lipinski definition) is 3. The Morgan fingerprint density at radius 2 is 2.50 bits per heavy atom. The second kappa shape index (κ2) is 4.90. The number of furan rings is 1. The second-order valence-electron chi connectivity index (χ2n) is 2.38. The van der Waals surface area contributed by atoms with Crippen molar-refractivity contribution in [3.63, 3.8) is 0 Å². The Morgan fingerprint density at radius 1 is 1.67 bits per heavy atom. The van der Waals surface area contributed by atoms with E-state index in [1.807, 2.05) is 12.1 Å². The first-order valence-corrected chi connectivity index (χ1v) is 4.21. The van der Waals surface area contributed by atoms with Crippen molar-refractivity contribution in [2.24, 2.45) is 0 Å². The van der Waals surface area contributed by atoms with Crippen molar-refractivity contribution in [2.45, 2.75) is 12.8 Å². The molecule has 0 aliphatic carbocycles. The first-order valence-electron chi connectivity index (χ1n) is 3.81. The van der Waals surface area contributed by atoms with Crippen LogP contribution < -0.4 is 10.9 Å². The summed E-state index contributed by atoms with van der Waals surface area (Å²) in [5.41, 5.74) is 5.62. The molecule has 66 valence electrons. The molecule has 2 N–H and O–H groups in total. The number of hydrazine groups is 1. The minimum atomic E-state index is 0.800. The third kappa shape index (κ3) is 3.02. The molecule has 0 saturated carbocycles. The third-order valence-electron chi connectivity index (χ3n) is 1.44. The van der Waals surface area contributed by atoms with Gasteiger partial charge in [-0.25, -0.2) is 5.43 Å². The van der Waals surface area contributed by atoms with E-state index in [1.54, 1.807) is 13.3 Å². The molecule has 0 amide bonds. The molecule has 12 heavy (non-hydrogen) atoms. The van der Waals surface area contributed by atoms with Crippen molar-refractivity contribution in [3.05, 3.63) is 24.2 Å². The molecule has 1 aromatic rings. The average molecular weight is 184 g/mol. The van der Waals surface area contributed by atoms with Crippen LogP contribution in [-0.2, 0) is 6.42 Å². The van der Waals surface area contributed by atoms with E-state index in [1.165, 1.54) is 0 Å². The highest BCUT2D eigenvalue weighted by atomic mass is 32.1. The normalized spacial score (nSPS) is 9.75. The van der Waals surface area contributed by atoms with E-state index in [9.17, 15) is 0 Å². The molecule has 4 heteroatoms. The van der Waals surface area contributed by atoms with Gasteiger partial charge < -0.3 is 9.84 Å². The maximum absolute atomic E-state index is 5.15. The van der Waals surface area contributed by atoms with Gasteiger partial charge in [-0.15, -0.1) is 0 Å². The average Bonchev–Trinajstić information content (AvgIpc) is 2.53. The van der Waals surface area contributed by atoms with Crippen LogP contribution in [-0.4, -0.2) is 12.0 Å². The van der Waals surface area contributed by atoms with Gasteiger partial charge in [-0.05, 0) is 12.1 Å². The van der Waals surface area contributed by atoms with Crippen molar-refractivity contribution in [3.8, 4) is 0 Å². The van der Waals surface area contributed by atoms with Crippen LogP contribution in [0.5, 0.6) is 0 Å². The summed E-state index contributed by atoms with van der Waals surface area (Å²) >= 11 is 5.01. The van der Waals surface area contributed by atoms with E-state index in [2.05, 4.69) is 10.9 Å². The molecular weight excluding hydrogens is 172 g/mol. The SMILES string of the molecule is CNNC(=S)CCc1ccco1. The van der Waals surface area contributed by atoms with Gasteiger partial charge in [0.1, 0.15) is 5.76 Å². The molecule has 0 spiro atoms. The number of rotatable bonds is 4. The smallest absolute Gasteiger partial charge is 0.104 e. The van der Waals surface area contributed by atoms with E-state index in [4.69, 9.17) is 16.6 Å². The summed E-state index contributed by atoms with van der Waals surface area (Å²) in [4.78, 5) is 0.800. The van der Waals surface area contributed by atoms with Crippen LogP contribution in [0.4, 0.5) is 0 Å². The minimum absolute atomic E-state index is 0.800. The molecule has 3 nitrogen and oxygen atoms in total. The van der Waals surface area contributed by atoms with Crippen molar-refractivity contribution >= 4 is 17.2 Å². The fraction of sp³-hybridized carbons (Fsp3) is 0.375. The molecule has 0 aliphatic heterocycles. The van der Waals surface area contributed by atoms with Crippen LogP contribution in [0.15, 0.2) is 22.8 Å². The maximum atomic E-state index is 5.15. The van der Waals surface area contributed by atoms with Crippen LogP contribution in [0.2, 0.25) is 0 Å². The zero-order valence-electron chi connectivity index (χ0n) is 6.96.